The lowest BCUT2D eigenvalue weighted by molar-refractivity contribution is -0.145. The first-order chi connectivity index (χ1) is 10.4. The standard InChI is InChI=1S/C16H32N2O4/c1-17(2)11-13-21-15(19)9-7-5-6-8-10-16(20)22-14-12-18(3)4/h5-14H2,1-4H3. The predicted octanol–water partition coefficient (Wildman–Crippen LogP) is 1.54. The summed E-state index contributed by atoms with van der Waals surface area (Å²) in [6, 6.07) is 0. The Balaban J connectivity index is 3.35. The monoisotopic (exact) mass is 316 g/mol. The van der Waals surface area contributed by atoms with E-state index in [1.165, 1.54) is 0 Å². The molecule has 130 valence electrons. The second-order valence-corrected chi connectivity index (χ2v) is 5.96. The van der Waals surface area contributed by atoms with Crippen LogP contribution in [0.3, 0.4) is 0 Å². The Hall–Kier alpha value is -1.14. The van der Waals surface area contributed by atoms with Crippen LogP contribution in [0.4, 0.5) is 0 Å². The SMILES string of the molecule is CN(C)CCOC(=O)CCCCCCC(=O)OCCN(C)C. The number of ether oxygens (including phenoxy) is 2. The maximum absolute atomic E-state index is 11.4. The largest absolute Gasteiger partial charge is 0.464 e. The average Bonchev–Trinajstić information content (AvgIpc) is 2.41. The summed E-state index contributed by atoms with van der Waals surface area (Å²) < 4.78 is 10.2. The van der Waals surface area contributed by atoms with Crippen molar-refractivity contribution >= 4 is 11.9 Å². The molecule has 0 aliphatic heterocycles. The highest BCUT2D eigenvalue weighted by atomic mass is 16.5. The van der Waals surface area contributed by atoms with E-state index in [2.05, 4.69) is 0 Å². The number of rotatable bonds is 13. The van der Waals surface area contributed by atoms with Gasteiger partial charge in [-0.05, 0) is 41.0 Å². The second-order valence-electron chi connectivity index (χ2n) is 5.96. The fourth-order valence-electron chi connectivity index (χ4n) is 1.72. The molecule has 0 unspecified atom stereocenters. The van der Waals surface area contributed by atoms with Crippen LogP contribution in [-0.2, 0) is 19.1 Å². The van der Waals surface area contributed by atoms with Gasteiger partial charge in [-0.15, -0.1) is 0 Å². The Morgan fingerprint density at radius 3 is 1.36 bits per heavy atom. The van der Waals surface area contributed by atoms with Gasteiger partial charge in [-0.3, -0.25) is 9.59 Å². The predicted molar refractivity (Wildman–Crippen MR) is 86.7 cm³/mol. The lowest BCUT2D eigenvalue weighted by Gasteiger charge is -2.10. The van der Waals surface area contributed by atoms with Crippen molar-refractivity contribution in [3.8, 4) is 0 Å². The lowest BCUT2D eigenvalue weighted by Crippen LogP contribution is -2.20. The van der Waals surface area contributed by atoms with Gasteiger partial charge in [0.1, 0.15) is 13.2 Å². The third-order valence-electron chi connectivity index (χ3n) is 3.11. The van der Waals surface area contributed by atoms with Gasteiger partial charge < -0.3 is 19.3 Å². The molecule has 0 spiro atoms. The summed E-state index contributed by atoms with van der Waals surface area (Å²) >= 11 is 0. The molecule has 0 aromatic rings. The number of hydrogen-bond donors (Lipinski definition) is 0. The number of carbonyl (C=O) groups excluding carboxylic acids is 2. The molecule has 0 radical (unpaired) electrons. The van der Waals surface area contributed by atoms with Crippen LogP contribution in [0, 0.1) is 0 Å². The average molecular weight is 316 g/mol. The third-order valence-corrected chi connectivity index (χ3v) is 3.11. The summed E-state index contributed by atoms with van der Waals surface area (Å²) in [5.74, 6) is -0.269. The first-order valence-electron chi connectivity index (χ1n) is 8.02. The Labute approximate surface area is 134 Å². The molecule has 0 saturated carbocycles. The van der Waals surface area contributed by atoms with Gasteiger partial charge in [0, 0.05) is 25.9 Å². The van der Waals surface area contributed by atoms with Gasteiger partial charge in [0.05, 0.1) is 0 Å². The summed E-state index contributed by atoms with van der Waals surface area (Å²) in [6.07, 6.45) is 4.43. The van der Waals surface area contributed by atoms with Gasteiger partial charge in [0.25, 0.3) is 0 Å². The maximum Gasteiger partial charge on any atom is 0.305 e. The van der Waals surface area contributed by atoms with Crippen molar-refractivity contribution in [2.24, 2.45) is 0 Å². The highest BCUT2D eigenvalue weighted by Gasteiger charge is 2.05. The topological polar surface area (TPSA) is 59.1 Å². The number of likely N-dealkylation sites (N-methyl/N-ethyl adjacent to an activating group) is 2. The van der Waals surface area contributed by atoms with Crippen LogP contribution >= 0.6 is 0 Å². The van der Waals surface area contributed by atoms with Crippen LogP contribution in [0.5, 0.6) is 0 Å². The van der Waals surface area contributed by atoms with Crippen molar-refractivity contribution in [3.05, 3.63) is 0 Å². The highest BCUT2D eigenvalue weighted by Crippen LogP contribution is 2.07. The molecule has 0 N–H and O–H groups in total. The first kappa shape index (κ1) is 20.9. The molecular weight excluding hydrogens is 284 g/mol. The summed E-state index contributed by atoms with van der Waals surface area (Å²) in [4.78, 5) is 26.8. The fraction of sp³-hybridized carbons (Fsp3) is 0.875. The van der Waals surface area contributed by atoms with Crippen LogP contribution in [0.25, 0.3) is 0 Å². The number of hydrogen-bond acceptors (Lipinski definition) is 6. The van der Waals surface area contributed by atoms with Gasteiger partial charge >= 0.3 is 11.9 Å². The molecule has 0 bridgehead atoms. The van der Waals surface area contributed by atoms with Crippen molar-refractivity contribution in [3.63, 3.8) is 0 Å². The van der Waals surface area contributed by atoms with E-state index in [1.807, 2.05) is 38.0 Å². The molecule has 0 fully saturated rings. The smallest absolute Gasteiger partial charge is 0.305 e. The minimum atomic E-state index is -0.134. The molecule has 6 nitrogen and oxygen atoms in total. The summed E-state index contributed by atoms with van der Waals surface area (Å²) in [7, 11) is 7.78. The zero-order valence-electron chi connectivity index (χ0n) is 14.6. The molecule has 0 aliphatic rings. The van der Waals surface area contributed by atoms with Crippen LogP contribution in [-0.4, -0.2) is 76.2 Å². The van der Waals surface area contributed by atoms with Crippen LogP contribution in [0.15, 0.2) is 0 Å². The van der Waals surface area contributed by atoms with E-state index in [-0.39, 0.29) is 11.9 Å². The van der Waals surface area contributed by atoms with E-state index in [0.717, 1.165) is 38.8 Å². The zero-order chi connectivity index (χ0) is 16.8. The number of esters is 2. The Bertz CT molecular complexity index is 277. The van der Waals surface area contributed by atoms with E-state index in [4.69, 9.17) is 9.47 Å². The van der Waals surface area contributed by atoms with E-state index in [9.17, 15) is 9.59 Å². The van der Waals surface area contributed by atoms with Crippen LogP contribution in [0.1, 0.15) is 38.5 Å². The van der Waals surface area contributed by atoms with Crippen LogP contribution in [0.2, 0.25) is 0 Å². The van der Waals surface area contributed by atoms with E-state index in [1.54, 1.807) is 0 Å². The van der Waals surface area contributed by atoms with Gasteiger partial charge in [-0.1, -0.05) is 12.8 Å². The Kier molecular flexibility index (Phi) is 12.8. The van der Waals surface area contributed by atoms with Crippen molar-refractivity contribution in [1.29, 1.82) is 0 Å². The molecule has 0 heterocycles. The summed E-state index contributed by atoms with van der Waals surface area (Å²) in [5, 5.41) is 0. The van der Waals surface area contributed by atoms with Gasteiger partial charge in [-0.2, -0.15) is 0 Å². The molecule has 0 aromatic carbocycles. The first-order valence-corrected chi connectivity index (χ1v) is 8.02. The summed E-state index contributed by atoms with van der Waals surface area (Å²) in [6.45, 7) is 2.40. The van der Waals surface area contributed by atoms with E-state index < -0.39 is 0 Å². The minimum Gasteiger partial charge on any atom is -0.464 e. The molecule has 0 amide bonds. The van der Waals surface area contributed by atoms with Gasteiger partial charge in [0.15, 0.2) is 0 Å². The summed E-state index contributed by atoms with van der Waals surface area (Å²) in [5.41, 5.74) is 0. The van der Waals surface area contributed by atoms with E-state index in [0.29, 0.717) is 26.1 Å². The normalized spacial score (nSPS) is 11.0. The maximum atomic E-state index is 11.4. The van der Waals surface area contributed by atoms with Crippen molar-refractivity contribution in [2.45, 2.75) is 38.5 Å². The quantitative estimate of drug-likeness (QED) is 0.379. The molecule has 0 saturated heterocycles. The minimum absolute atomic E-state index is 0.134. The number of nitrogens with zero attached hydrogens (tertiary/aromatic N) is 2. The molecular formula is C16H32N2O4. The van der Waals surface area contributed by atoms with E-state index >= 15 is 0 Å². The molecule has 0 aromatic heterocycles. The molecule has 6 heteroatoms. The van der Waals surface area contributed by atoms with Gasteiger partial charge in [-0.25, -0.2) is 0 Å². The Morgan fingerprint density at radius 1 is 0.682 bits per heavy atom. The lowest BCUT2D eigenvalue weighted by atomic mass is 10.1. The molecule has 22 heavy (non-hydrogen) atoms. The zero-order valence-corrected chi connectivity index (χ0v) is 14.6. The molecule has 0 atom stereocenters. The number of unbranched alkanes of at least 4 members (excludes halogenated alkanes) is 3. The third kappa shape index (κ3) is 15.3. The molecule has 0 aliphatic carbocycles. The van der Waals surface area contributed by atoms with Gasteiger partial charge in [0.2, 0.25) is 0 Å². The fourth-order valence-corrected chi connectivity index (χ4v) is 1.72. The van der Waals surface area contributed by atoms with Crippen molar-refractivity contribution in [2.75, 3.05) is 54.5 Å². The number of carbonyl (C=O) groups is 2. The van der Waals surface area contributed by atoms with Crippen LogP contribution < -0.4 is 0 Å². The Morgan fingerprint density at radius 2 is 1.05 bits per heavy atom. The highest BCUT2D eigenvalue weighted by molar-refractivity contribution is 5.69. The second kappa shape index (κ2) is 13.5. The van der Waals surface area contributed by atoms with Crippen molar-refractivity contribution in [1.82, 2.24) is 9.80 Å². The molecule has 0 rings (SSSR count). The van der Waals surface area contributed by atoms with Crippen molar-refractivity contribution < 1.29 is 19.1 Å².